The fourth-order valence-corrected chi connectivity index (χ4v) is 3.83. The molecule has 1 aliphatic rings. The molecule has 1 aliphatic heterocycles. The van der Waals surface area contributed by atoms with Crippen LogP contribution in [0.4, 0.5) is 0 Å². The van der Waals surface area contributed by atoms with Crippen LogP contribution < -0.4 is 0 Å². The summed E-state index contributed by atoms with van der Waals surface area (Å²) in [5.74, 6) is -0.778. The number of amides is 1. The average molecular weight is 412 g/mol. The van der Waals surface area contributed by atoms with Gasteiger partial charge >= 0.3 is 5.97 Å². The first-order chi connectivity index (χ1) is 13.8. The highest BCUT2D eigenvalue weighted by atomic mass is 35.5. The normalized spacial score (nSPS) is 17.1. The number of aryl methyl sites for hydroxylation is 1. The average Bonchev–Trinajstić information content (AvgIpc) is 2.65. The van der Waals surface area contributed by atoms with Gasteiger partial charge in [-0.05, 0) is 51.0 Å². The maximum atomic E-state index is 13.0. The van der Waals surface area contributed by atoms with E-state index in [0.29, 0.717) is 22.8 Å². The van der Waals surface area contributed by atoms with Gasteiger partial charge in [-0.25, -0.2) is 4.79 Å². The van der Waals surface area contributed by atoms with Crippen molar-refractivity contribution < 1.29 is 14.3 Å². The van der Waals surface area contributed by atoms with Gasteiger partial charge in [-0.2, -0.15) is 0 Å². The first-order valence-electron chi connectivity index (χ1n) is 9.79. The third kappa shape index (κ3) is 4.88. The second kappa shape index (κ2) is 8.83. The Labute approximate surface area is 177 Å². The van der Waals surface area contributed by atoms with Crippen LogP contribution >= 0.6 is 11.6 Å². The van der Waals surface area contributed by atoms with E-state index in [1.807, 2.05) is 70.2 Å². The lowest BCUT2D eigenvalue weighted by atomic mass is 9.83. The lowest BCUT2D eigenvalue weighted by Crippen LogP contribution is -2.38. The van der Waals surface area contributed by atoms with Gasteiger partial charge in [0.25, 0.3) is 0 Å². The van der Waals surface area contributed by atoms with E-state index in [1.165, 1.54) is 0 Å². The summed E-state index contributed by atoms with van der Waals surface area (Å²) < 4.78 is 5.52. The molecule has 0 bridgehead atoms. The molecule has 0 saturated heterocycles. The number of nitrogens with zero attached hydrogens (tertiary/aromatic N) is 1. The fraction of sp³-hybridized carbons (Fsp3) is 0.333. The Kier molecular flexibility index (Phi) is 6.43. The summed E-state index contributed by atoms with van der Waals surface area (Å²) in [6, 6.07) is 15.4. The number of halogens is 1. The monoisotopic (exact) mass is 411 g/mol. The molecule has 1 amide bonds. The molecule has 0 radical (unpaired) electrons. The van der Waals surface area contributed by atoms with Crippen molar-refractivity contribution in [2.24, 2.45) is 0 Å². The summed E-state index contributed by atoms with van der Waals surface area (Å²) in [5.41, 5.74) is 4.18. The lowest BCUT2D eigenvalue weighted by molar-refractivity contribution is -0.143. The van der Waals surface area contributed by atoms with Crippen molar-refractivity contribution in [1.29, 1.82) is 0 Å². The highest BCUT2D eigenvalue weighted by molar-refractivity contribution is 6.30. The van der Waals surface area contributed by atoms with Crippen LogP contribution in [0.25, 0.3) is 0 Å². The summed E-state index contributed by atoms with van der Waals surface area (Å²) in [5, 5.41) is 0.575. The topological polar surface area (TPSA) is 46.6 Å². The van der Waals surface area contributed by atoms with Gasteiger partial charge in [0.15, 0.2) is 0 Å². The van der Waals surface area contributed by atoms with Gasteiger partial charge in [-0.3, -0.25) is 4.79 Å². The highest BCUT2D eigenvalue weighted by Crippen LogP contribution is 2.38. The molecule has 0 N–H and O–H groups in total. The van der Waals surface area contributed by atoms with Gasteiger partial charge in [0.1, 0.15) is 0 Å². The van der Waals surface area contributed by atoms with Crippen molar-refractivity contribution in [3.8, 4) is 0 Å². The molecule has 1 atom stereocenters. The third-order valence-corrected chi connectivity index (χ3v) is 5.33. The van der Waals surface area contributed by atoms with Crippen LogP contribution in [0, 0.1) is 6.92 Å². The minimum absolute atomic E-state index is 0.0193. The van der Waals surface area contributed by atoms with Crippen molar-refractivity contribution in [3.05, 3.63) is 81.5 Å². The number of benzene rings is 2. The number of hydrogen-bond acceptors (Lipinski definition) is 3. The van der Waals surface area contributed by atoms with Gasteiger partial charge < -0.3 is 9.64 Å². The van der Waals surface area contributed by atoms with E-state index in [0.717, 1.165) is 16.7 Å². The van der Waals surface area contributed by atoms with Crippen LogP contribution in [-0.4, -0.2) is 22.9 Å². The van der Waals surface area contributed by atoms with Gasteiger partial charge in [0.2, 0.25) is 5.91 Å². The highest BCUT2D eigenvalue weighted by Gasteiger charge is 2.37. The fourth-order valence-electron chi connectivity index (χ4n) is 3.63. The van der Waals surface area contributed by atoms with E-state index in [4.69, 9.17) is 16.3 Å². The second-order valence-electron chi connectivity index (χ2n) is 7.73. The molecule has 29 heavy (non-hydrogen) atoms. The molecule has 0 aromatic heterocycles. The molecule has 2 aromatic rings. The summed E-state index contributed by atoms with van der Waals surface area (Å²) >= 11 is 6.17. The van der Waals surface area contributed by atoms with Gasteiger partial charge in [-0.1, -0.05) is 53.6 Å². The zero-order chi connectivity index (χ0) is 21.1. The first kappa shape index (κ1) is 21.1. The van der Waals surface area contributed by atoms with Gasteiger partial charge in [0, 0.05) is 23.1 Å². The predicted molar refractivity (Wildman–Crippen MR) is 114 cm³/mol. The Morgan fingerprint density at radius 2 is 1.86 bits per heavy atom. The van der Waals surface area contributed by atoms with E-state index in [-0.39, 0.29) is 30.3 Å². The Bertz CT molecular complexity index is 947. The number of rotatable bonds is 5. The standard InChI is InChI=1S/C24H26ClNO3/c1-15(2)29-24(28)23-17(4)26(14-18-10-8-16(3)9-11-18)22(27)13-21(23)19-6-5-7-20(25)12-19/h5-12,15,21H,13-14H2,1-4H3. The number of carbonyl (C=O) groups excluding carboxylic acids is 2. The van der Waals surface area contributed by atoms with E-state index < -0.39 is 0 Å². The molecule has 4 nitrogen and oxygen atoms in total. The van der Waals surface area contributed by atoms with Gasteiger partial charge in [-0.15, -0.1) is 0 Å². The van der Waals surface area contributed by atoms with Crippen molar-refractivity contribution in [1.82, 2.24) is 4.90 Å². The molecule has 0 saturated carbocycles. The van der Waals surface area contributed by atoms with E-state index in [2.05, 4.69) is 0 Å². The summed E-state index contributed by atoms with van der Waals surface area (Å²) in [7, 11) is 0. The quantitative estimate of drug-likeness (QED) is 0.619. The summed E-state index contributed by atoms with van der Waals surface area (Å²) in [6.45, 7) is 7.91. The molecule has 2 aromatic carbocycles. The van der Waals surface area contributed by atoms with Crippen molar-refractivity contribution in [3.63, 3.8) is 0 Å². The molecule has 1 heterocycles. The maximum Gasteiger partial charge on any atom is 0.336 e. The SMILES string of the molecule is CC1=C(C(=O)OC(C)C)C(c2cccc(Cl)c2)CC(=O)N1Cc1ccc(C)cc1. The third-order valence-electron chi connectivity index (χ3n) is 5.10. The van der Waals surface area contributed by atoms with Crippen molar-refractivity contribution in [2.75, 3.05) is 0 Å². The van der Waals surface area contributed by atoms with E-state index >= 15 is 0 Å². The number of ether oxygens (including phenoxy) is 1. The number of esters is 1. The predicted octanol–water partition coefficient (Wildman–Crippen LogP) is 5.39. The zero-order valence-corrected chi connectivity index (χ0v) is 18.0. The van der Waals surface area contributed by atoms with E-state index in [1.54, 1.807) is 11.0 Å². The molecule has 0 fully saturated rings. The van der Waals surface area contributed by atoms with Crippen LogP contribution in [-0.2, 0) is 20.9 Å². The van der Waals surface area contributed by atoms with Crippen LogP contribution in [0.1, 0.15) is 49.8 Å². The minimum atomic E-state index is -0.385. The van der Waals surface area contributed by atoms with Crippen LogP contribution in [0.15, 0.2) is 59.8 Å². The largest absolute Gasteiger partial charge is 0.460 e. The first-order valence-corrected chi connectivity index (χ1v) is 10.2. The second-order valence-corrected chi connectivity index (χ2v) is 8.17. The number of hydrogen-bond donors (Lipinski definition) is 0. The lowest BCUT2D eigenvalue weighted by Gasteiger charge is -2.35. The zero-order valence-electron chi connectivity index (χ0n) is 17.2. The Hall–Kier alpha value is -2.59. The molecular weight excluding hydrogens is 386 g/mol. The molecule has 5 heteroatoms. The molecular formula is C24H26ClNO3. The Morgan fingerprint density at radius 1 is 1.17 bits per heavy atom. The molecule has 0 aliphatic carbocycles. The van der Waals surface area contributed by atoms with Crippen LogP contribution in [0.3, 0.4) is 0 Å². The van der Waals surface area contributed by atoms with Crippen LogP contribution in [0.5, 0.6) is 0 Å². The molecule has 0 spiro atoms. The molecule has 152 valence electrons. The van der Waals surface area contributed by atoms with Crippen molar-refractivity contribution in [2.45, 2.75) is 52.7 Å². The number of allylic oxidation sites excluding steroid dienone is 1. The Balaban J connectivity index is 2.03. The van der Waals surface area contributed by atoms with Gasteiger partial charge in [0.05, 0.1) is 18.2 Å². The molecule has 1 unspecified atom stereocenters. The maximum absolute atomic E-state index is 13.0. The molecule has 3 rings (SSSR count). The van der Waals surface area contributed by atoms with Crippen LogP contribution in [0.2, 0.25) is 5.02 Å². The number of carbonyl (C=O) groups is 2. The smallest absolute Gasteiger partial charge is 0.336 e. The summed E-state index contributed by atoms with van der Waals surface area (Å²) in [4.78, 5) is 27.7. The van der Waals surface area contributed by atoms with E-state index in [9.17, 15) is 9.59 Å². The summed E-state index contributed by atoms with van der Waals surface area (Å²) in [6.07, 6.45) is -0.0440. The minimum Gasteiger partial charge on any atom is -0.460 e. The van der Waals surface area contributed by atoms with Crippen molar-refractivity contribution >= 4 is 23.5 Å². The Morgan fingerprint density at radius 3 is 2.48 bits per heavy atom.